The third-order valence-electron chi connectivity index (χ3n) is 4.78. The second-order valence-electron chi connectivity index (χ2n) is 6.33. The van der Waals surface area contributed by atoms with Crippen LogP contribution in [0.5, 0.6) is 0 Å². The summed E-state index contributed by atoms with van der Waals surface area (Å²) >= 11 is 0. The molecule has 0 radical (unpaired) electrons. The summed E-state index contributed by atoms with van der Waals surface area (Å²) in [6.45, 7) is 1.56. The first-order valence-electron chi connectivity index (χ1n) is 7.99. The summed E-state index contributed by atoms with van der Waals surface area (Å²) < 4.78 is 17.6. The molecule has 2 aromatic heterocycles. The standard InChI is InChI=1S/C17H21FN4O2/c1-20-13(11-15(23)21(2)16(20)24)12-22-9-6-17(18,7-10-22)14-5-3-4-8-19-14/h3-5,8,11H,6-7,9-10,12H2,1-2H3. The number of alkyl halides is 1. The molecule has 0 spiro atoms. The molecule has 3 heterocycles. The molecule has 1 aliphatic heterocycles. The number of hydrogen-bond acceptors (Lipinski definition) is 4. The molecule has 1 fully saturated rings. The van der Waals surface area contributed by atoms with Crippen LogP contribution in [0.2, 0.25) is 0 Å². The van der Waals surface area contributed by atoms with Crippen molar-refractivity contribution in [2.75, 3.05) is 13.1 Å². The van der Waals surface area contributed by atoms with Crippen LogP contribution in [0.25, 0.3) is 0 Å². The predicted molar refractivity (Wildman–Crippen MR) is 88.5 cm³/mol. The molecule has 0 bridgehead atoms. The molecule has 128 valence electrons. The van der Waals surface area contributed by atoms with Crippen molar-refractivity contribution in [2.45, 2.75) is 25.1 Å². The van der Waals surface area contributed by atoms with Crippen LogP contribution < -0.4 is 11.2 Å². The average Bonchev–Trinajstić information content (AvgIpc) is 2.60. The van der Waals surface area contributed by atoms with Gasteiger partial charge in [0.2, 0.25) is 0 Å². The Hall–Kier alpha value is -2.28. The van der Waals surface area contributed by atoms with Crippen LogP contribution in [-0.4, -0.2) is 32.1 Å². The Labute approximate surface area is 139 Å². The quantitative estimate of drug-likeness (QED) is 0.839. The van der Waals surface area contributed by atoms with Crippen molar-refractivity contribution in [1.29, 1.82) is 0 Å². The number of piperidine rings is 1. The van der Waals surface area contributed by atoms with Gasteiger partial charge in [-0.05, 0) is 25.0 Å². The maximum absolute atomic E-state index is 15.1. The molecule has 24 heavy (non-hydrogen) atoms. The highest BCUT2D eigenvalue weighted by Gasteiger charge is 2.37. The van der Waals surface area contributed by atoms with Crippen molar-refractivity contribution in [3.05, 3.63) is 62.7 Å². The van der Waals surface area contributed by atoms with Gasteiger partial charge in [-0.1, -0.05) is 6.07 Å². The highest BCUT2D eigenvalue weighted by atomic mass is 19.1. The molecular weight excluding hydrogens is 311 g/mol. The molecule has 0 aromatic carbocycles. The van der Waals surface area contributed by atoms with Gasteiger partial charge >= 0.3 is 5.69 Å². The SMILES string of the molecule is Cn1c(CN2CCC(F)(c3ccccn3)CC2)cc(=O)n(C)c1=O. The van der Waals surface area contributed by atoms with Crippen molar-refractivity contribution in [2.24, 2.45) is 14.1 Å². The van der Waals surface area contributed by atoms with Gasteiger partial charge in [0, 0.05) is 51.7 Å². The van der Waals surface area contributed by atoms with Crippen LogP contribution in [0.3, 0.4) is 0 Å². The van der Waals surface area contributed by atoms with Crippen LogP contribution in [0.4, 0.5) is 4.39 Å². The van der Waals surface area contributed by atoms with Crippen molar-refractivity contribution in [3.63, 3.8) is 0 Å². The topological polar surface area (TPSA) is 60.1 Å². The summed E-state index contributed by atoms with van der Waals surface area (Å²) in [5.74, 6) is 0. The molecular formula is C17H21FN4O2. The zero-order chi connectivity index (χ0) is 17.3. The van der Waals surface area contributed by atoms with Gasteiger partial charge in [0.1, 0.15) is 0 Å². The highest BCUT2D eigenvalue weighted by Crippen LogP contribution is 2.35. The van der Waals surface area contributed by atoms with E-state index in [4.69, 9.17) is 0 Å². The zero-order valence-corrected chi connectivity index (χ0v) is 13.9. The van der Waals surface area contributed by atoms with Gasteiger partial charge in [0.15, 0.2) is 5.67 Å². The fourth-order valence-corrected chi connectivity index (χ4v) is 3.11. The van der Waals surface area contributed by atoms with Gasteiger partial charge < -0.3 is 0 Å². The van der Waals surface area contributed by atoms with Crippen LogP contribution in [-0.2, 0) is 26.3 Å². The molecule has 0 unspecified atom stereocenters. The fourth-order valence-electron chi connectivity index (χ4n) is 3.11. The van der Waals surface area contributed by atoms with Crippen LogP contribution in [0, 0.1) is 0 Å². The van der Waals surface area contributed by atoms with E-state index in [-0.39, 0.29) is 11.2 Å². The molecule has 2 aromatic rings. The fraction of sp³-hybridized carbons (Fsp3) is 0.471. The third-order valence-corrected chi connectivity index (χ3v) is 4.78. The Morgan fingerprint density at radius 2 is 1.88 bits per heavy atom. The molecule has 0 amide bonds. The third kappa shape index (κ3) is 3.03. The minimum Gasteiger partial charge on any atom is -0.299 e. The van der Waals surface area contributed by atoms with Gasteiger partial charge in [0.25, 0.3) is 5.56 Å². The minimum absolute atomic E-state index is 0.321. The van der Waals surface area contributed by atoms with E-state index >= 15 is 4.39 Å². The number of rotatable bonds is 3. The van der Waals surface area contributed by atoms with Crippen molar-refractivity contribution >= 4 is 0 Å². The molecule has 0 N–H and O–H groups in total. The van der Waals surface area contributed by atoms with Crippen molar-refractivity contribution in [3.8, 4) is 0 Å². The summed E-state index contributed by atoms with van der Waals surface area (Å²) in [5.41, 5.74) is -0.949. The van der Waals surface area contributed by atoms with E-state index in [1.165, 1.54) is 17.7 Å². The first-order valence-corrected chi connectivity index (χ1v) is 7.99. The normalized spacial score (nSPS) is 17.8. The van der Waals surface area contributed by atoms with Crippen LogP contribution in [0.1, 0.15) is 24.2 Å². The summed E-state index contributed by atoms with van der Waals surface area (Å²) in [6, 6.07) is 6.77. The first kappa shape index (κ1) is 16.6. The maximum atomic E-state index is 15.1. The van der Waals surface area contributed by atoms with E-state index in [9.17, 15) is 9.59 Å². The van der Waals surface area contributed by atoms with Gasteiger partial charge in [0.05, 0.1) is 5.69 Å². The number of aromatic nitrogens is 3. The van der Waals surface area contributed by atoms with E-state index in [1.54, 1.807) is 31.4 Å². The molecule has 3 rings (SSSR count). The highest BCUT2D eigenvalue weighted by molar-refractivity contribution is 5.14. The lowest BCUT2D eigenvalue weighted by atomic mass is 9.89. The number of hydrogen-bond donors (Lipinski definition) is 0. The minimum atomic E-state index is -1.41. The smallest absolute Gasteiger partial charge is 0.299 e. The van der Waals surface area contributed by atoms with Crippen molar-refractivity contribution < 1.29 is 4.39 Å². The van der Waals surface area contributed by atoms with Crippen LogP contribution in [0.15, 0.2) is 40.1 Å². The Bertz CT molecular complexity index is 836. The van der Waals surface area contributed by atoms with E-state index in [0.29, 0.717) is 43.9 Å². The largest absolute Gasteiger partial charge is 0.330 e. The molecule has 6 nitrogen and oxygen atoms in total. The summed E-state index contributed by atoms with van der Waals surface area (Å²) in [4.78, 5) is 30.0. The summed E-state index contributed by atoms with van der Waals surface area (Å²) in [5, 5.41) is 0. The van der Waals surface area contributed by atoms with E-state index in [2.05, 4.69) is 9.88 Å². The summed E-state index contributed by atoms with van der Waals surface area (Å²) in [7, 11) is 3.11. The van der Waals surface area contributed by atoms with E-state index < -0.39 is 5.67 Å². The lowest BCUT2D eigenvalue weighted by Crippen LogP contribution is -2.43. The molecule has 1 saturated heterocycles. The number of nitrogens with zero attached hydrogens (tertiary/aromatic N) is 4. The van der Waals surface area contributed by atoms with Crippen LogP contribution >= 0.6 is 0 Å². The lowest BCUT2D eigenvalue weighted by molar-refractivity contribution is 0.0480. The van der Waals surface area contributed by atoms with E-state index in [1.807, 2.05) is 0 Å². The molecule has 1 aliphatic rings. The van der Waals surface area contributed by atoms with E-state index in [0.717, 1.165) is 4.57 Å². The molecule has 0 atom stereocenters. The Balaban J connectivity index is 1.73. The van der Waals surface area contributed by atoms with Gasteiger partial charge in [-0.25, -0.2) is 9.18 Å². The zero-order valence-electron chi connectivity index (χ0n) is 13.9. The second kappa shape index (κ2) is 6.32. The number of pyridine rings is 1. The number of likely N-dealkylation sites (tertiary alicyclic amines) is 1. The summed E-state index contributed by atoms with van der Waals surface area (Å²) in [6.07, 6.45) is 2.31. The molecule has 7 heteroatoms. The van der Waals surface area contributed by atoms with Crippen molar-refractivity contribution in [1.82, 2.24) is 19.0 Å². The Morgan fingerprint density at radius 1 is 1.17 bits per heavy atom. The maximum Gasteiger partial charge on any atom is 0.330 e. The Morgan fingerprint density at radius 3 is 2.50 bits per heavy atom. The predicted octanol–water partition coefficient (Wildman–Crippen LogP) is 0.940. The van der Waals surface area contributed by atoms with Gasteiger partial charge in [-0.15, -0.1) is 0 Å². The monoisotopic (exact) mass is 332 g/mol. The van der Waals surface area contributed by atoms with Gasteiger partial charge in [-0.2, -0.15) is 0 Å². The second-order valence-corrected chi connectivity index (χ2v) is 6.33. The molecule has 0 aliphatic carbocycles. The lowest BCUT2D eigenvalue weighted by Gasteiger charge is -2.36. The molecule has 0 saturated carbocycles. The van der Waals surface area contributed by atoms with Gasteiger partial charge in [-0.3, -0.25) is 23.8 Å². The Kier molecular flexibility index (Phi) is 4.36. The first-order chi connectivity index (χ1) is 11.4. The number of halogens is 1. The average molecular weight is 332 g/mol.